The van der Waals surface area contributed by atoms with Crippen molar-refractivity contribution in [3.05, 3.63) is 71.8 Å². The number of aromatic hydroxyl groups is 2. The highest BCUT2D eigenvalue weighted by molar-refractivity contribution is 6.14. The van der Waals surface area contributed by atoms with Gasteiger partial charge in [0.2, 0.25) is 0 Å². The maximum Gasteiger partial charge on any atom is 0.131 e. The molecule has 210 valence electrons. The van der Waals surface area contributed by atoms with Gasteiger partial charge in [0.1, 0.15) is 11.5 Å². The second-order valence-electron chi connectivity index (χ2n) is 12.1. The molecule has 0 radical (unpaired) electrons. The fourth-order valence-corrected chi connectivity index (χ4v) is 6.58. The molecular formula is C38H46O2. The van der Waals surface area contributed by atoms with Gasteiger partial charge < -0.3 is 10.2 Å². The first-order valence-corrected chi connectivity index (χ1v) is 15.7. The molecule has 0 heterocycles. The van der Waals surface area contributed by atoms with Crippen molar-refractivity contribution in [2.24, 2.45) is 11.8 Å². The van der Waals surface area contributed by atoms with Crippen molar-refractivity contribution < 1.29 is 10.2 Å². The first-order chi connectivity index (χ1) is 19.4. The standard InChI is InChI=1S/C38H46O2/c1-5-9-11-25(7-3)17-27-13-15-29-21-31-24-36-32(23-35(31)37(39)33(29)19-27)22-30-16-14-28(20-34(30)38(36)40)18-26(8-4)12-10-6-2/h13-16,19-26,39-40H,5-12,17-18H2,1-4H3. The SMILES string of the molecule is CCCCC(CC)Cc1ccc2cc3cc4c(O)c5cc(CC(CC)CCCC)ccc5cc4cc3c(O)c2c1. The summed E-state index contributed by atoms with van der Waals surface area (Å²) in [6.07, 6.45) is 12.0. The molecule has 0 aromatic heterocycles. The molecule has 0 bridgehead atoms. The number of phenols is 2. The highest BCUT2D eigenvalue weighted by Gasteiger charge is 2.15. The Kier molecular flexibility index (Phi) is 8.84. The van der Waals surface area contributed by atoms with E-state index in [4.69, 9.17) is 0 Å². The highest BCUT2D eigenvalue weighted by Crippen LogP contribution is 2.41. The lowest BCUT2D eigenvalue weighted by Crippen LogP contribution is -2.03. The molecule has 2 unspecified atom stereocenters. The van der Waals surface area contributed by atoms with Crippen LogP contribution in [0.25, 0.3) is 43.1 Å². The Hall–Kier alpha value is -3.26. The molecule has 2 nitrogen and oxygen atoms in total. The van der Waals surface area contributed by atoms with Gasteiger partial charge in [-0.1, -0.05) is 103 Å². The van der Waals surface area contributed by atoms with Gasteiger partial charge in [0.05, 0.1) is 0 Å². The van der Waals surface area contributed by atoms with Gasteiger partial charge in [-0.05, 0) is 93.7 Å². The minimum Gasteiger partial charge on any atom is -0.507 e. The van der Waals surface area contributed by atoms with Gasteiger partial charge in [0, 0.05) is 21.5 Å². The Balaban J connectivity index is 1.55. The lowest BCUT2D eigenvalue weighted by atomic mass is 9.89. The smallest absolute Gasteiger partial charge is 0.131 e. The predicted molar refractivity (Wildman–Crippen MR) is 174 cm³/mol. The molecule has 0 aliphatic carbocycles. The summed E-state index contributed by atoms with van der Waals surface area (Å²) in [6.45, 7) is 9.08. The molecule has 0 aliphatic heterocycles. The minimum atomic E-state index is 0.338. The van der Waals surface area contributed by atoms with Crippen molar-refractivity contribution in [3.8, 4) is 11.5 Å². The Morgan fingerprint density at radius 2 is 0.900 bits per heavy atom. The first kappa shape index (κ1) is 28.3. The molecule has 40 heavy (non-hydrogen) atoms. The number of benzene rings is 5. The quantitative estimate of drug-likeness (QED) is 0.156. The summed E-state index contributed by atoms with van der Waals surface area (Å²) in [6, 6.07) is 21.5. The number of hydrogen-bond acceptors (Lipinski definition) is 2. The molecule has 5 aromatic rings. The van der Waals surface area contributed by atoms with Crippen LogP contribution in [0.5, 0.6) is 11.5 Å². The maximum absolute atomic E-state index is 11.5. The summed E-state index contributed by atoms with van der Waals surface area (Å²) in [5.41, 5.74) is 2.59. The van der Waals surface area contributed by atoms with Crippen molar-refractivity contribution in [1.82, 2.24) is 0 Å². The molecule has 5 rings (SSSR count). The van der Waals surface area contributed by atoms with Crippen molar-refractivity contribution in [3.63, 3.8) is 0 Å². The van der Waals surface area contributed by atoms with Gasteiger partial charge in [0.15, 0.2) is 0 Å². The molecule has 0 saturated heterocycles. The summed E-state index contributed by atoms with van der Waals surface area (Å²) in [7, 11) is 0. The zero-order valence-electron chi connectivity index (χ0n) is 24.9. The second kappa shape index (κ2) is 12.5. The Labute approximate surface area is 240 Å². The van der Waals surface area contributed by atoms with E-state index in [2.05, 4.69) is 76.2 Å². The number of rotatable bonds is 12. The molecule has 5 aromatic carbocycles. The summed E-state index contributed by atoms with van der Waals surface area (Å²) in [5, 5.41) is 30.4. The molecule has 2 N–H and O–H groups in total. The Morgan fingerprint density at radius 3 is 1.27 bits per heavy atom. The Morgan fingerprint density at radius 1 is 0.500 bits per heavy atom. The second-order valence-corrected chi connectivity index (χ2v) is 12.1. The highest BCUT2D eigenvalue weighted by atomic mass is 16.3. The van der Waals surface area contributed by atoms with E-state index < -0.39 is 0 Å². The normalized spacial score (nSPS) is 13.5. The van der Waals surface area contributed by atoms with Crippen molar-refractivity contribution >= 4 is 43.1 Å². The fourth-order valence-electron chi connectivity index (χ4n) is 6.58. The number of fused-ring (bicyclic) bond motifs is 4. The molecule has 2 heteroatoms. The summed E-state index contributed by atoms with van der Waals surface area (Å²) >= 11 is 0. The average Bonchev–Trinajstić information content (AvgIpc) is 2.97. The lowest BCUT2D eigenvalue weighted by molar-refractivity contribution is 0.449. The van der Waals surface area contributed by atoms with Crippen LogP contribution in [0.1, 0.15) is 90.2 Å². The van der Waals surface area contributed by atoms with Crippen molar-refractivity contribution in [2.45, 2.75) is 91.9 Å². The third kappa shape index (κ3) is 5.78. The minimum absolute atomic E-state index is 0.338. The van der Waals surface area contributed by atoms with Crippen LogP contribution >= 0.6 is 0 Å². The third-order valence-electron chi connectivity index (χ3n) is 9.23. The number of phenolic OH excluding ortho intramolecular Hbond substituents is 2. The molecular weight excluding hydrogens is 488 g/mol. The van der Waals surface area contributed by atoms with E-state index in [1.807, 2.05) is 12.1 Å². The molecule has 0 fully saturated rings. The van der Waals surface area contributed by atoms with Gasteiger partial charge in [0.25, 0.3) is 0 Å². The van der Waals surface area contributed by atoms with Gasteiger partial charge in [-0.3, -0.25) is 0 Å². The third-order valence-corrected chi connectivity index (χ3v) is 9.23. The molecule has 0 amide bonds. The zero-order valence-corrected chi connectivity index (χ0v) is 24.9. The van der Waals surface area contributed by atoms with Crippen LogP contribution in [0.2, 0.25) is 0 Å². The molecule has 0 saturated carbocycles. The van der Waals surface area contributed by atoms with Gasteiger partial charge in [-0.15, -0.1) is 0 Å². The topological polar surface area (TPSA) is 40.5 Å². The molecule has 0 aliphatic rings. The number of hydrogen-bond donors (Lipinski definition) is 2. The van der Waals surface area contributed by atoms with Crippen LogP contribution in [0.15, 0.2) is 60.7 Å². The average molecular weight is 535 g/mol. The maximum atomic E-state index is 11.5. The van der Waals surface area contributed by atoms with E-state index in [-0.39, 0.29) is 0 Å². The van der Waals surface area contributed by atoms with E-state index in [1.165, 1.54) is 62.5 Å². The monoisotopic (exact) mass is 534 g/mol. The first-order valence-electron chi connectivity index (χ1n) is 15.7. The van der Waals surface area contributed by atoms with Crippen LogP contribution in [0.4, 0.5) is 0 Å². The van der Waals surface area contributed by atoms with E-state index in [0.29, 0.717) is 23.3 Å². The van der Waals surface area contributed by atoms with E-state index in [0.717, 1.165) is 55.9 Å². The fraction of sp³-hybridized carbons (Fsp3) is 0.421. The van der Waals surface area contributed by atoms with Gasteiger partial charge >= 0.3 is 0 Å². The van der Waals surface area contributed by atoms with E-state index >= 15 is 0 Å². The molecule has 2 atom stereocenters. The van der Waals surface area contributed by atoms with Crippen LogP contribution in [-0.4, -0.2) is 10.2 Å². The summed E-state index contributed by atoms with van der Waals surface area (Å²) in [5.74, 6) is 2.05. The lowest BCUT2D eigenvalue weighted by Gasteiger charge is -2.16. The van der Waals surface area contributed by atoms with Crippen LogP contribution in [-0.2, 0) is 12.8 Å². The van der Waals surface area contributed by atoms with Gasteiger partial charge in [-0.2, -0.15) is 0 Å². The van der Waals surface area contributed by atoms with Gasteiger partial charge in [-0.25, -0.2) is 0 Å². The van der Waals surface area contributed by atoms with Crippen LogP contribution in [0, 0.1) is 11.8 Å². The zero-order chi connectivity index (χ0) is 28.2. The number of unbranched alkanes of at least 4 members (excludes halogenated alkanes) is 2. The van der Waals surface area contributed by atoms with Crippen molar-refractivity contribution in [2.75, 3.05) is 0 Å². The van der Waals surface area contributed by atoms with Crippen LogP contribution in [0.3, 0.4) is 0 Å². The molecule has 0 spiro atoms. The van der Waals surface area contributed by atoms with Crippen molar-refractivity contribution in [1.29, 1.82) is 0 Å². The van der Waals surface area contributed by atoms with Crippen LogP contribution < -0.4 is 0 Å². The van der Waals surface area contributed by atoms with E-state index in [1.54, 1.807) is 0 Å². The predicted octanol–water partition coefficient (Wildman–Crippen LogP) is 11.2. The summed E-state index contributed by atoms with van der Waals surface area (Å²) < 4.78 is 0. The van der Waals surface area contributed by atoms with E-state index in [9.17, 15) is 10.2 Å². The largest absolute Gasteiger partial charge is 0.507 e. The Bertz CT molecular complexity index is 1510. The summed E-state index contributed by atoms with van der Waals surface area (Å²) in [4.78, 5) is 0.